The van der Waals surface area contributed by atoms with Gasteiger partial charge >= 0.3 is 11.9 Å². The second kappa shape index (κ2) is 51.8. The minimum absolute atomic E-state index is 0.147. The van der Waals surface area contributed by atoms with E-state index in [2.05, 4.69) is 98.9 Å². The zero-order chi connectivity index (χ0) is 51.3. The van der Waals surface area contributed by atoms with Crippen LogP contribution in [0.1, 0.15) is 226 Å². The lowest BCUT2D eigenvalue weighted by atomic mass is 10.0. The maximum Gasteiger partial charge on any atom is 0.306 e. The van der Waals surface area contributed by atoms with Crippen LogP contribution in [0.15, 0.2) is 85.1 Å². The molecule has 402 valence electrons. The van der Waals surface area contributed by atoms with E-state index in [0.717, 1.165) is 83.5 Å². The highest BCUT2D eigenvalue weighted by Gasteiger charge is 2.22. The summed E-state index contributed by atoms with van der Waals surface area (Å²) in [6.45, 7) is 4.59. The van der Waals surface area contributed by atoms with Crippen LogP contribution in [0.5, 0.6) is 0 Å². The Bertz CT molecular complexity index is 1420. The van der Waals surface area contributed by atoms with Crippen molar-refractivity contribution in [3.05, 3.63) is 85.1 Å². The lowest BCUT2D eigenvalue weighted by molar-refractivity contribution is -0.870. The normalized spacial score (nSPS) is 13.4. The first-order chi connectivity index (χ1) is 34.1. The van der Waals surface area contributed by atoms with E-state index in [1.165, 1.54) is 109 Å². The SMILES string of the molecule is CC/C=C\C/C=C\C/C=C\C/C=C\C/C=C\C/C=C\C/C=C\CCCCCCCCCCCCCCCCCC(=O)OC(COC(=O)CCCCCCCCCC)COC(OCC[N+](C)(C)C)C(=O)[O-]. The molecule has 0 heterocycles. The molecular formula is C61H105NO8. The number of hydrogen-bond donors (Lipinski definition) is 0. The fourth-order valence-electron chi connectivity index (χ4n) is 7.58. The molecule has 0 spiro atoms. The van der Waals surface area contributed by atoms with E-state index >= 15 is 0 Å². The first-order valence-electron chi connectivity index (χ1n) is 28.2. The number of allylic oxidation sites excluding steroid dienone is 14. The Morgan fingerprint density at radius 2 is 0.814 bits per heavy atom. The van der Waals surface area contributed by atoms with Crippen LogP contribution in [0.25, 0.3) is 0 Å². The highest BCUT2D eigenvalue weighted by atomic mass is 16.7. The van der Waals surface area contributed by atoms with Gasteiger partial charge in [-0.2, -0.15) is 0 Å². The molecule has 0 amide bonds. The number of unbranched alkanes of at least 4 members (excludes halogenated alkanes) is 22. The number of carbonyl (C=O) groups is 3. The first-order valence-corrected chi connectivity index (χ1v) is 28.2. The number of aliphatic carboxylic acids is 1. The van der Waals surface area contributed by atoms with Gasteiger partial charge in [-0.15, -0.1) is 0 Å². The molecule has 0 rings (SSSR count). The molecule has 0 aliphatic carbocycles. The van der Waals surface area contributed by atoms with Crippen molar-refractivity contribution in [3.8, 4) is 0 Å². The Balaban J connectivity index is 4.00. The molecule has 2 atom stereocenters. The van der Waals surface area contributed by atoms with Crippen LogP contribution in [-0.2, 0) is 33.3 Å². The van der Waals surface area contributed by atoms with E-state index in [-0.39, 0.29) is 32.2 Å². The van der Waals surface area contributed by atoms with Gasteiger partial charge in [0.15, 0.2) is 12.4 Å². The van der Waals surface area contributed by atoms with E-state index in [1.807, 2.05) is 21.1 Å². The largest absolute Gasteiger partial charge is 0.545 e. The molecule has 2 unspecified atom stereocenters. The molecule has 0 radical (unpaired) electrons. The van der Waals surface area contributed by atoms with E-state index < -0.39 is 24.3 Å². The Morgan fingerprint density at radius 1 is 0.443 bits per heavy atom. The zero-order valence-electron chi connectivity index (χ0n) is 45.6. The van der Waals surface area contributed by atoms with Crippen molar-refractivity contribution in [1.29, 1.82) is 0 Å². The van der Waals surface area contributed by atoms with Crippen LogP contribution in [0, 0.1) is 0 Å². The number of carboxylic acids is 1. The number of nitrogens with zero attached hydrogens (tertiary/aromatic N) is 1. The third-order valence-corrected chi connectivity index (χ3v) is 11.9. The molecule has 0 aromatic carbocycles. The highest BCUT2D eigenvalue weighted by molar-refractivity contribution is 5.70. The van der Waals surface area contributed by atoms with Gasteiger partial charge in [0.25, 0.3) is 0 Å². The maximum atomic E-state index is 12.8. The second-order valence-electron chi connectivity index (χ2n) is 19.9. The molecular weight excluding hydrogens is 875 g/mol. The Labute approximate surface area is 430 Å². The molecule has 9 heteroatoms. The molecule has 0 fully saturated rings. The maximum absolute atomic E-state index is 12.8. The lowest BCUT2D eigenvalue weighted by Gasteiger charge is -2.26. The number of esters is 2. The molecule has 0 aliphatic rings. The van der Waals surface area contributed by atoms with Gasteiger partial charge in [0.05, 0.1) is 40.3 Å². The van der Waals surface area contributed by atoms with Crippen LogP contribution >= 0.6 is 0 Å². The predicted molar refractivity (Wildman–Crippen MR) is 292 cm³/mol. The molecule has 0 aromatic heterocycles. The second-order valence-corrected chi connectivity index (χ2v) is 19.9. The molecule has 0 bridgehead atoms. The standard InChI is InChI=1S/C61H105NO8/c1-6-8-10-12-14-16-17-18-19-20-21-22-23-24-25-26-27-28-29-30-31-32-33-34-35-36-37-38-39-40-41-42-43-44-46-48-50-52-59(64)70-57(56-69-61(60(65)66)67-54-53-62(3,4)5)55-68-58(63)51-49-47-45-15-13-11-9-7-2/h8,10,14,16,18-19,21-22,24-25,27-28,30-31,57,61H,6-7,9,11-13,15,17,20,23,26,29,32-56H2,1-5H3/b10-8-,16-14-,19-18-,22-21-,25-24-,28-27-,31-30-. The van der Waals surface area contributed by atoms with Crippen LogP contribution in [-0.4, -0.2) is 82.3 Å². The van der Waals surface area contributed by atoms with Gasteiger partial charge in [0.1, 0.15) is 13.2 Å². The number of hydrogen-bond acceptors (Lipinski definition) is 8. The number of rotatable bonds is 51. The first kappa shape index (κ1) is 66.5. The highest BCUT2D eigenvalue weighted by Crippen LogP contribution is 2.16. The van der Waals surface area contributed by atoms with Crippen molar-refractivity contribution in [2.45, 2.75) is 238 Å². The third-order valence-electron chi connectivity index (χ3n) is 11.9. The van der Waals surface area contributed by atoms with E-state index in [9.17, 15) is 19.5 Å². The zero-order valence-corrected chi connectivity index (χ0v) is 45.6. The average Bonchev–Trinajstić information content (AvgIpc) is 3.33. The van der Waals surface area contributed by atoms with Gasteiger partial charge in [-0.1, -0.05) is 227 Å². The van der Waals surface area contributed by atoms with Crippen LogP contribution in [0.4, 0.5) is 0 Å². The summed E-state index contributed by atoms with van der Waals surface area (Å²) in [5, 5.41) is 11.7. The van der Waals surface area contributed by atoms with Gasteiger partial charge in [-0.05, 0) is 70.6 Å². The summed E-state index contributed by atoms with van der Waals surface area (Å²) in [6, 6.07) is 0. The number of ether oxygens (including phenoxy) is 4. The van der Waals surface area contributed by atoms with Crippen molar-refractivity contribution in [1.82, 2.24) is 0 Å². The number of carbonyl (C=O) groups excluding carboxylic acids is 3. The fourth-order valence-corrected chi connectivity index (χ4v) is 7.58. The lowest BCUT2D eigenvalue weighted by Crippen LogP contribution is -2.44. The minimum Gasteiger partial charge on any atom is -0.545 e. The summed E-state index contributed by atoms with van der Waals surface area (Å²) in [5.74, 6) is -2.29. The van der Waals surface area contributed by atoms with Crippen molar-refractivity contribution in [2.24, 2.45) is 0 Å². The van der Waals surface area contributed by atoms with Gasteiger partial charge in [0.2, 0.25) is 0 Å². The van der Waals surface area contributed by atoms with E-state index in [0.29, 0.717) is 23.9 Å². The van der Waals surface area contributed by atoms with Crippen molar-refractivity contribution in [3.63, 3.8) is 0 Å². The van der Waals surface area contributed by atoms with Crippen LogP contribution < -0.4 is 5.11 Å². The van der Waals surface area contributed by atoms with Crippen LogP contribution in [0.3, 0.4) is 0 Å². The molecule has 9 nitrogen and oxygen atoms in total. The molecule has 0 saturated carbocycles. The quantitative estimate of drug-likeness (QED) is 0.0195. The smallest absolute Gasteiger partial charge is 0.306 e. The van der Waals surface area contributed by atoms with Crippen LogP contribution in [0.2, 0.25) is 0 Å². The van der Waals surface area contributed by atoms with Gasteiger partial charge in [0, 0.05) is 12.8 Å². The van der Waals surface area contributed by atoms with E-state index in [1.54, 1.807) is 0 Å². The fraction of sp³-hybridized carbons (Fsp3) is 0.721. The van der Waals surface area contributed by atoms with E-state index in [4.69, 9.17) is 18.9 Å². The number of carboxylic acid groups (broad SMARTS) is 1. The number of quaternary nitrogens is 1. The summed E-state index contributed by atoms with van der Waals surface area (Å²) < 4.78 is 22.6. The summed E-state index contributed by atoms with van der Waals surface area (Å²) in [5.41, 5.74) is 0. The van der Waals surface area contributed by atoms with Gasteiger partial charge < -0.3 is 33.3 Å². The minimum atomic E-state index is -1.62. The van der Waals surface area contributed by atoms with Gasteiger partial charge in [-0.25, -0.2) is 0 Å². The topological polar surface area (TPSA) is 111 Å². The Kier molecular flexibility index (Phi) is 49.2. The Morgan fingerprint density at radius 3 is 1.21 bits per heavy atom. The molecule has 0 aliphatic heterocycles. The van der Waals surface area contributed by atoms with Crippen molar-refractivity contribution >= 4 is 17.9 Å². The molecule has 0 N–H and O–H groups in total. The molecule has 70 heavy (non-hydrogen) atoms. The number of likely N-dealkylation sites (N-methyl/N-ethyl adjacent to an activating group) is 1. The summed E-state index contributed by atoms with van der Waals surface area (Å²) in [7, 11) is 5.91. The van der Waals surface area contributed by atoms with Crippen molar-refractivity contribution < 1.29 is 42.9 Å². The van der Waals surface area contributed by atoms with Crippen molar-refractivity contribution in [2.75, 3.05) is 47.5 Å². The predicted octanol–water partition coefficient (Wildman–Crippen LogP) is 15.1. The third kappa shape index (κ3) is 52.3. The monoisotopic (exact) mass is 980 g/mol. The summed E-state index contributed by atoms with van der Waals surface area (Å²) in [4.78, 5) is 37.0. The Hall–Kier alpha value is -3.53. The molecule has 0 aromatic rings. The summed E-state index contributed by atoms with van der Waals surface area (Å²) in [6.07, 6.45) is 65.2. The summed E-state index contributed by atoms with van der Waals surface area (Å²) >= 11 is 0. The average molecular weight is 981 g/mol. The van der Waals surface area contributed by atoms with Gasteiger partial charge in [-0.3, -0.25) is 9.59 Å². The molecule has 0 saturated heterocycles.